The third-order valence-corrected chi connectivity index (χ3v) is 6.28. The van der Waals surface area contributed by atoms with Crippen molar-refractivity contribution in [3.8, 4) is 11.5 Å². The molecule has 0 aliphatic carbocycles. The van der Waals surface area contributed by atoms with E-state index in [9.17, 15) is 9.59 Å². The van der Waals surface area contributed by atoms with Gasteiger partial charge < -0.3 is 14.5 Å². The summed E-state index contributed by atoms with van der Waals surface area (Å²) >= 11 is 3.58. The number of hydrogen-bond acceptors (Lipinski definition) is 5. The van der Waals surface area contributed by atoms with Crippen molar-refractivity contribution < 1.29 is 9.47 Å². The smallest absolute Gasteiger partial charge is 0.349 e. The molecule has 0 aliphatic rings. The molecular weight excluding hydrogens is 522 g/mol. The second-order valence-electron chi connectivity index (χ2n) is 8.03. The van der Waals surface area contributed by atoms with Crippen molar-refractivity contribution >= 4 is 43.8 Å². The number of rotatable bonds is 7. The summed E-state index contributed by atoms with van der Waals surface area (Å²) in [5, 5.41) is 6.80. The topological polar surface area (TPSA) is 85.7 Å². The van der Waals surface area contributed by atoms with Gasteiger partial charge in [0.2, 0.25) is 0 Å². The van der Waals surface area contributed by atoms with Crippen molar-refractivity contribution in [2.75, 3.05) is 6.61 Å². The van der Waals surface area contributed by atoms with E-state index in [-0.39, 0.29) is 0 Å². The summed E-state index contributed by atoms with van der Waals surface area (Å²) in [4.78, 5) is 27.8. The molecule has 0 saturated carbocycles. The minimum absolute atomic E-state index is 0.356. The van der Waals surface area contributed by atoms with Gasteiger partial charge in [0.25, 0.3) is 5.56 Å². The van der Waals surface area contributed by atoms with Crippen LogP contribution in [-0.4, -0.2) is 22.5 Å². The van der Waals surface area contributed by atoms with Crippen LogP contribution in [0.5, 0.6) is 11.5 Å². The van der Waals surface area contributed by atoms with Gasteiger partial charge in [-0.05, 0) is 69.0 Å². The first-order chi connectivity index (χ1) is 17.5. The number of nitrogens with one attached hydrogen (secondary N) is 1. The molecule has 180 valence electrons. The zero-order valence-electron chi connectivity index (χ0n) is 19.4. The maximum atomic E-state index is 12.7. The van der Waals surface area contributed by atoms with Gasteiger partial charge >= 0.3 is 5.69 Å². The first-order valence-corrected chi connectivity index (χ1v) is 12.2. The van der Waals surface area contributed by atoms with Crippen LogP contribution in [0, 0.1) is 0 Å². The number of aromatic nitrogens is 2. The first kappa shape index (κ1) is 23.6. The number of aromatic amines is 1. The van der Waals surface area contributed by atoms with E-state index in [4.69, 9.17) is 9.47 Å². The molecule has 0 unspecified atom stereocenters. The highest BCUT2D eigenvalue weighted by atomic mass is 79.9. The van der Waals surface area contributed by atoms with Crippen molar-refractivity contribution in [1.82, 2.24) is 9.66 Å². The molecule has 0 spiro atoms. The molecule has 0 atom stereocenters. The Kier molecular flexibility index (Phi) is 6.69. The van der Waals surface area contributed by atoms with Crippen LogP contribution in [-0.2, 0) is 6.61 Å². The number of hydrogen-bond donors (Lipinski definition) is 1. The Bertz CT molecular complexity index is 1720. The number of fused-ring (bicyclic) bond motifs is 2. The highest BCUT2D eigenvalue weighted by Crippen LogP contribution is 2.37. The summed E-state index contributed by atoms with van der Waals surface area (Å²) in [5.41, 5.74) is 1.04. The molecule has 0 amide bonds. The van der Waals surface area contributed by atoms with E-state index in [0.29, 0.717) is 45.7 Å². The maximum Gasteiger partial charge on any atom is 0.349 e. The van der Waals surface area contributed by atoms with Crippen LogP contribution in [0.2, 0.25) is 0 Å². The SMILES string of the molecule is CCOc1cc(C=Nn2c(=O)[nH]c3ccccc3c2=O)cc(Br)c1OCc1cccc2ccccc12. The molecule has 7 nitrogen and oxygen atoms in total. The number of benzene rings is 4. The van der Waals surface area contributed by atoms with Gasteiger partial charge in [-0.25, -0.2) is 4.79 Å². The van der Waals surface area contributed by atoms with Crippen LogP contribution < -0.4 is 20.7 Å². The van der Waals surface area contributed by atoms with Crippen molar-refractivity contribution in [3.63, 3.8) is 0 Å². The van der Waals surface area contributed by atoms with Gasteiger partial charge in [0.05, 0.1) is 28.2 Å². The third-order valence-electron chi connectivity index (χ3n) is 5.69. The van der Waals surface area contributed by atoms with Crippen LogP contribution in [0.3, 0.4) is 0 Å². The lowest BCUT2D eigenvalue weighted by molar-refractivity contribution is 0.268. The second kappa shape index (κ2) is 10.2. The molecule has 36 heavy (non-hydrogen) atoms. The molecule has 0 aliphatic heterocycles. The lowest BCUT2D eigenvalue weighted by atomic mass is 10.1. The van der Waals surface area contributed by atoms with Crippen LogP contribution in [0.15, 0.2) is 98.0 Å². The van der Waals surface area contributed by atoms with Crippen LogP contribution in [0.25, 0.3) is 21.7 Å². The Morgan fingerprint density at radius 3 is 2.53 bits per heavy atom. The highest BCUT2D eigenvalue weighted by Gasteiger charge is 2.13. The predicted octanol–water partition coefficient (Wildman–Crippen LogP) is 5.47. The fraction of sp³-hybridized carbons (Fsp3) is 0.107. The van der Waals surface area contributed by atoms with E-state index in [1.807, 2.05) is 31.2 Å². The summed E-state index contributed by atoms with van der Waals surface area (Å²) in [5.74, 6) is 1.08. The Morgan fingerprint density at radius 2 is 1.69 bits per heavy atom. The zero-order chi connectivity index (χ0) is 25.1. The van der Waals surface area contributed by atoms with E-state index < -0.39 is 11.2 Å². The van der Waals surface area contributed by atoms with E-state index in [1.165, 1.54) is 6.21 Å². The molecule has 1 N–H and O–H groups in total. The average molecular weight is 544 g/mol. The molecule has 0 fully saturated rings. The van der Waals surface area contributed by atoms with Gasteiger partial charge in [-0.1, -0.05) is 54.6 Å². The van der Waals surface area contributed by atoms with E-state index in [2.05, 4.69) is 44.2 Å². The third kappa shape index (κ3) is 4.67. The van der Waals surface area contributed by atoms with Gasteiger partial charge in [0.1, 0.15) is 6.61 Å². The molecule has 0 radical (unpaired) electrons. The monoisotopic (exact) mass is 543 g/mol. The Hall–Kier alpha value is -4.17. The predicted molar refractivity (Wildman–Crippen MR) is 145 cm³/mol. The van der Waals surface area contributed by atoms with Crippen molar-refractivity contribution in [1.29, 1.82) is 0 Å². The minimum atomic E-state index is -0.617. The van der Waals surface area contributed by atoms with Crippen molar-refractivity contribution in [2.45, 2.75) is 13.5 Å². The van der Waals surface area contributed by atoms with Gasteiger partial charge in [-0.2, -0.15) is 5.10 Å². The molecule has 4 aromatic carbocycles. The average Bonchev–Trinajstić information content (AvgIpc) is 2.88. The fourth-order valence-electron chi connectivity index (χ4n) is 4.02. The van der Waals surface area contributed by atoms with Crippen molar-refractivity contribution in [2.24, 2.45) is 5.10 Å². The molecular formula is C28H22BrN3O4. The molecule has 8 heteroatoms. The lowest BCUT2D eigenvalue weighted by Crippen LogP contribution is -2.32. The van der Waals surface area contributed by atoms with Gasteiger partial charge in [0, 0.05) is 0 Å². The Balaban J connectivity index is 1.46. The summed E-state index contributed by atoms with van der Waals surface area (Å²) in [7, 11) is 0. The number of ether oxygens (including phenoxy) is 2. The molecule has 0 saturated heterocycles. The quantitative estimate of drug-likeness (QED) is 0.276. The minimum Gasteiger partial charge on any atom is -0.490 e. The highest BCUT2D eigenvalue weighted by molar-refractivity contribution is 9.10. The molecule has 5 rings (SSSR count). The summed E-state index contributed by atoms with van der Waals surface area (Å²) < 4.78 is 13.5. The summed E-state index contributed by atoms with van der Waals surface area (Å²) in [6.07, 6.45) is 1.44. The number of halogens is 1. The zero-order valence-corrected chi connectivity index (χ0v) is 21.0. The number of para-hydroxylation sites is 1. The van der Waals surface area contributed by atoms with Gasteiger partial charge in [-0.15, -0.1) is 4.68 Å². The number of H-pyrrole nitrogens is 1. The summed E-state index contributed by atoms with van der Waals surface area (Å²) in [6.45, 7) is 2.67. The van der Waals surface area contributed by atoms with E-state index in [1.54, 1.807) is 36.4 Å². The number of nitrogens with zero attached hydrogens (tertiary/aromatic N) is 2. The van der Waals surface area contributed by atoms with Gasteiger partial charge in [-0.3, -0.25) is 4.79 Å². The second-order valence-corrected chi connectivity index (χ2v) is 8.88. The normalized spacial score (nSPS) is 11.4. The molecule has 1 heterocycles. The van der Waals surface area contributed by atoms with E-state index >= 15 is 0 Å². The fourth-order valence-corrected chi connectivity index (χ4v) is 4.59. The first-order valence-electron chi connectivity index (χ1n) is 11.4. The summed E-state index contributed by atoms with van der Waals surface area (Å²) in [6, 6.07) is 24.6. The van der Waals surface area contributed by atoms with Crippen LogP contribution in [0.4, 0.5) is 0 Å². The lowest BCUT2D eigenvalue weighted by Gasteiger charge is -2.15. The van der Waals surface area contributed by atoms with Crippen molar-refractivity contribution in [3.05, 3.63) is 115 Å². The molecule has 0 bridgehead atoms. The van der Waals surface area contributed by atoms with E-state index in [0.717, 1.165) is 21.0 Å². The maximum absolute atomic E-state index is 12.7. The van der Waals surface area contributed by atoms with Gasteiger partial charge in [0.15, 0.2) is 11.5 Å². The largest absolute Gasteiger partial charge is 0.490 e. The Morgan fingerprint density at radius 1 is 0.944 bits per heavy atom. The molecule has 5 aromatic rings. The van der Waals surface area contributed by atoms with Crippen LogP contribution >= 0.6 is 15.9 Å². The van der Waals surface area contributed by atoms with Crippen LogP contribution in [0.1, 0.15) is 18.1 Å². The molecule has 1 aromatic heterocycles. The Labute approximate surface area is 214 Å². The standard InChI is InChI=1S/C28H22BrN3O4/c1-2-35-25-15-18(16-30-32-27(33)22-12-5-6-13-24(22)31-28(32)34)14-23(29)26(25)36-17-20-10-7-9-19-8-3-4-11-21(19)20/h3-16H,2,17H2,1H3,(H,31,34).